The highest BCUT2D eigenvalue weighted by Gasteiger charge is 2.18. The van der Waals surface area contributed by atoms with E-state index < -0.39 is 5.56 Å². The normalized spacial score (nSPS) is 10.0. The van der Waals surface area contributed by atoms with Crippen molar-refractivity contribution in [1.29, 1.82) is 10.5 Å². The van der Waals surface area contributed by atoms with Crippen molar-refractivity contribution in [1.82, 2.24) is 4.98 Å². The van der Waals surface area contributed by atoms with Crippen LogP contribution in [0.3, 0.4) is 0 Å². The van der Waals surface area contributed by atoms with Crippen LogP contribution in [0.25, 0.3) is 11.1 Å². The number of hydrogen-bond donors (Lipinski definition) is 2. The predicted molar refractivity (Wildman–Crippen MR) is 97.1 cm³/mol. The number of hydrogen-bond acceptors (Lipinski definition) is 5. The molecule has 1 heterocycles. The molecule has 0 saturated heterocycles. The number of nitriles is 2. The first-order valence-electron chi connectivity index (χ1n) is 7.87. The second kappa shape index (κ2) is 7.42. The Bertz CT molecular complexity index is 1140. The molecule has 0 spiro atoms. The molecule has 0 saturated carbocycles. The lowest BCUT2D eigenvalue weighted by Gasteiger charge is -2.10. The van der Waals surface area contributed by atoms with Gasteiger partial charge in [-0.3, -0.25) is 4.79 Å². The SMILES string of the molecule is N#Cc1c(N)[nH]c(=O)c(C#N)c1-c1ccc(OCc2ccccc2F)cc1. The summed E-state index contributed by atoms with van der Waals surface area (Å²) in [6, 6.07) is 16.4. The van der Waals surface area contributed by atoms with Crippen molar-refractivity contribution in [2.75, 3.05) is 5.73 Å². The van der Waals surface area contributed by atoms with Crippen molar-refractivity contribution < 1.29 is 9.13 Å². The highest BCUT2D eigenvalue weighted by atomic mass is 19.1. The van der Waals surface area contributed by atoms with Gasteiger partial charge < -0.3 is 15.5 Å². The summed E-state index contributed by atoms with van der Waals surface area (Å²) in [7, 11) is 0. The zero-order valence-electron chi connectivity index (χ0n) is 14.0. The number of pyridine rings is 1. The van der Waals surface area contributed by atoms with Crippen LogP contribution >= 0.6 is 0 Å². The summed E-state index contributed by atoms with van der Waals surface area (Å²) >= 11 is 0. The Hall–Kier alpha value is -4.10. The minimum Gasteiger partial charge on any atom is -0.489 e. The summed E-state index contributed by atoms with van der Waals surface area (Å²) in [6.45, 7) is 0.0524. The van der Waals surface area contributed by atoms with Crippen LogP contribution in [0.5, 0.6) is 5.75 Å². The van der Waals surface area contributed by atoms with Gasteiger partial charge in [-0.2, -0.15) is 10.5 Å². The molecule has 0 aliphatic heterocycles. The summed E-state index contributed by atoms with van der Waals surface area (Å²) in [5.41, 5.74) is 5.92. The van der Waals surface area contributed by atoms with E-state index in [1.54, 1.807) is 42.5 Å². The largest absolute Gasteiger partial charge is 0.489 e. The van der Waals surface area contributed by atoms with Gasteiger partial charge in [0.2, 0.25) is 0 Å². The molecular formula is C20H13FN4O2. The number of nitrogens with one attached hydrogen (secondary N) is 1. The molecule has 7 heteroatoms. The predicted octanol–water partition coefficient (Wildman–Crippen LogP) is 3.09. The van der Waals surface area contributed by atoms with Gasteiger partial charge >= 0.3 is 0 Å². The maximum absolute atomic E-state index is 13.6. The third kappa shape index (κ3) is 3.48. The molecule has 2 aromatic carbocycles. The molecule has 0 amide bonds. The lowest BCUT2D eigenvalue weighted by Crippen LogP contribution is -2.16. The topological polar surface area (TPSA) is 116 Å². The van der Waals surface area contributed by atoms with Gasteiger partial charge in [-0.1, -0.05) is 30.3 Å². The Kier molecular flexibility index (Phi) is 4.87. The van der Waals surface area contributed by atoms with E-state index in [4.69, 9.17) is 10.5 Å². The maximum Gasteiger partial charge on any atom is 0.268 e. The first-order chi connectivity index (χ1) is 13.0. The molecule has 0 atom stereocenters. The highest BCUT2D eigenvalue weighted by molar-refractivity contribution is 5.80. The van der Waals surface area contributed by atoms with Crippen LogP contribution in [0.4, 0.5) is 10.2 Å². The molecule has 27 heavy (non-hydrogen) atoms. The molecule has 1 aromatic heterocycles. The van der Waals surface area contributed by atoms with Crippen LogP contribution in [0.2, 0.25) is 0 Å². The van der Waals surface area contributed by atoms with Crippen molar-refractivity contribution in [2.45, 2.75) is 6.61 Å². The zero-order valence-corrected chi connectivity index (χ0v) is 14.0. The Labute approximate surface area is 153 Å². The van der Waals surface area contributed by atoms with Gasteiger partial charge in [-0.25, -0.2) is 4.39 Å². The number of halogens is 1. The third-order valence-corrected chi connectivity index (χ3v) is 3.96. The van der Waals surface area contributed by atoms with Crippen LogP contribution in [-0.4, -0.2) is 4.98 Å². The summed E-state index contributed by atoms with van der Waals surface area (Å²) in [6.07, 6.45) is 0. The van der Waals surface area contributed by atoms with E-state index in [1.807, 2.05) is 12.1 Å². The number of H-pyrrole nitrogens is 1. The summed E-state index contributed by atoms with van der Waals surface area (Å²) in [4.78, 5) is 14.3. The van der Waals surface area contributed by atoms with Crippen LogP contribution in [0, 0.1) is 28.5 Å². The van der Waals surface area contributed by atoms with Gasteiger partial charge in [0.25, 0.3) is 5.56 Å². The van der Waals surface area contributed by atoms with Crippen LogP contribution < -0.4 is 16.0 Å². The van der Waals surface area contributed by atoms with Gasteiger partial charge in [0.15, 0.2) is 0 Å². The number of nitrogen functional groups attached to an aromatic ring is 1. The van der Waals surface area contributed by atoms with Crippen molar-refractivity contribution >= 4 is 5.82 Å². The number of benzene rings is 2. The first-order valence-corrected chi connectivity index (χ1v) is 7.87. The Morgan fingerprint density at radius 1 is 1.04 bits per heavy atom. The summed E-state index contributed by atoms with van der Waals surface area (Å²) < 4.78 is 19.2. The Morgan fingerprint density at radius 2 is 1.70 bits per heavy atom. The molecule has 0 aliphatic carbocycles. The van der Waals surface area contributed by atoms with Gasteiger partial charge in [0.05, 0.1) is 0 Å². The quantitative estimate of drug-likeness (QED) is 0.742. The molecule has 6 nitrogen and oxygen atoms in total. The fraction of sp³-hybridized carbons (Fsp3) is 0.0500. The minimum absolute atomic E-state index is 0.0196. The lowest BCUT2D eigenvalue weighted by molar-refractivity contribution is 0.300. The fourth-order valence-corrected chi connectivity index (χ4v) is 2.63. The van der Waals surface area contributed by atoms with E-state index in [9.17, 15) is 19.7 Å². The van der Waals surface area contributed by atoms with E-state index in [0.29, 0.717) is 16.9 Å². The van der Waals surface area contributed by atoms with E-state index in [1.165, 1.54) is 6.07 Å². The molecule has 0 radical (unpaired) electrons. The van der Waals surface area contributed by atoms with Crippen LogP contribution in [-0.2, 0) is 6.61 Å². The second-order valence-electron chi connectivity index (χ2n) is 5.62. The lowest BCUT2D eigenvalue weighted by atomic mass is 9.96. The zero-order chi connectivity index (χ0) is 19.4. The van der Waals surface area contributed by atoms with Crippen molar-refractivity contribution in [2.24, 2.45) is 0 Å². The highest BCUT2D eigenvalue weighted by Crippen LogP contribution is 2.29. The smallest absolute Gasteiger partial charge is 0.268 e. The molecule has 3 rings (SSSR count). The van der Waals surface area contributed by atoms with Crippen molar-refractivity contribution in [3.8, 4) is 29.0 Å². The Balaban J connectivity index is 1.93. The Morgan fingerprint density at radius 3 is 2.33 bits per heavy atom. The number of nitrogens with two attached hydrogens (primary N) is 1. The van der Waals surface area contributed by atoms with E-state index in [-0.39, 0.29) is 34.9 Å². The van der Waals surface area contributed by atoms with Crippen LogP contribution in [0.15, 0.2) is 53.3 Å². The number of anilines is 1. The fourth-order valence-electron chi connectivity index (χ4n) is 2.63. The first kappa shape index (κ1) is 17.7. The van der Waals surface area contributed by atoms with Gasteiger partial charge in [-0.05, 0) is 23.8 Å². The molecular weight excluding hydrogens is 347 g/mol. The minimum atomic E-state index is -0.663. The molecule has 0 bridgehead atoms. The van der Waals surface area contributed by atoms with Gasteiger partial charge in [0, 0.05) is 11.1 Å². The second-order valence-corrected chi connectivity index (χ2v) is 5.62. The molecule has 132 valence electrons. The summed E-state index contributed by atoms with van der Waals surface area (Å²) in [5, 5.41) is 18.6. The number of aromatic nitrogens is 1. The summed E-state index contributed by atoms with van der Waals surface area (Å²) in [5.74, 6) is 0.0126. The van der Waals surface area contributed by atoms with Crippen LogP contribution in [0.1, 0.15) is 16.7 Å². The maximum atomic E-state index is 13.6. The number of ether oxygens (including phenoxy) is 1. The molecule has 0 aliphatic rings. The average molecular weight is 360 g/mol. The van der Waals surface area contributed by atoms with Gasteiger partial charge in [0.1, 0.15) is 47.3 Å². The van der Waals surface area contributed by atoms with Gasteiger partial charge in [-0.15, -0.1) is 0 Å². The number of nitrogens with zero attached hydrogens (tertiary/aromatic N) is 2. The molecule has 3 aromatic rings. The molecule has 0 unspecified atom stereocenters. The van der Waals surface area contributed by atoms with E-state index in [2.05, 4.69) is 4.98 Å². The van der Waals surface area contributed by atoms with E-state index >= 15 is 0 Å². The monoisotopic (exact) mass is 360 g/mol. The number of aromatic amines is 1. The molecule has 0 fully saturated rings. The average Bonchev–Trinajstić information content (AvgIpc) is 2.67. The number of rotatable bonds is 4. The van der Waals surface area contributed by atoms with Crippen molar-refractivity contribution in [3.05, 3.63) is 81.4 Å². The third-order valence-electron chi connectivity index (χ3n) is 3.96. The molecule has 3 N–H and O–H groups in total. The van der Waals surface area contributed by atoms with Crippen molar-refractivity contribution in [3.63, 3.8) is 0 Å². The van der Waals surface area contributed by atoms with E-state index in [0.717, 1.165) is 0 Å². The standard InChI is InChI=1S/C20H13FN4O2/c21-17-4-2-1-3-13(17)11-27-14-7-5-12(6-8-14)18-15(9-22)19(24)25-20(26)16(18)10-23/h1-8H,11H2,(H3,24,25,26).